The van der Waals surface area contributed by atoms with Crippen molar-refractivity contribution in [2.24, 2.45) is 5.14 Å². The highest BCUT2D eigenvalue weighted by Gasteiger charge is 2.29. The largest absolute Gasteiger partial charge is 0.422 e. The molecule has 0 aliphatic rings. The van der Waals surface area contributed by atoms with Gasteiger partial charge in [-0.3, -0.25) is 4.79 Å². The molecule has 4 rings (SSSR count). The molecule has 0 unspecified atom stereocenters. The van der Waals surface area contributed by atoms with E-state index < -0.39 is 56.5 Å². The quantitative estimate of drug-likeness (QED) is 0.175. The highest BCUT2D eigenvalue weighted by molar-refractivity contribution is 7.84. The molecular weight excluding hydrogens is 515 g/mol. The Kier molecular flexibility index (Phi) is 6.24. The Hall–Kier alpha value is -4.30. The molecule has 3 N–H and O–H groups in total. The molecule has 14 heteroatoms. The molecule has 8 nitrogen and oxygen atoms in total. The highest BCUT2D eigenvalue weighted by atomic mass is 32.2. The van der Waals surface area contributed by atoms with Gasteiger partial charge in [-0.05, 0) is 35.9 Å². The number of anilines is 1. The summed E-state index contributed by atoms with van der Waals surface area (Å²) < 4.78 is 99.4. The van der Waals surface area contributed by atoms with Crippen LogP contribution in [-0.4, -0.2) is 14.3 Å². The molecule has 0 saturated heterocycles. The lowest BCUT2D eigenvalue weighted by Crippen LogP contribution is -2.19. The van der Waals surface area contributed by atoms with E-state index in [-0.39, 0.29) is 28.1 Å². The van der Waals surface area contributed by atoms with E-state index in [2.05, 4.69) is 4.18 Å². The summed E-state index contributed by atoms with van der Waals surface area (Å²) in [6, 6.07) is 10.3. The highest BCUT2D eigenvalue weighted by Crippen LogP contribution is 2.27. The zero-order valence-electron chi connectivity index (χ0n) is 17.4. The number of carbonyl (C=O) groups is 1. The lowest BCUT2D eigenvalue weighted by atomic mass is 10.1. The number of amides is 1. The van der Waals surface area contributed by atoms with Crippen LogP contribution in [0.1, 0.15) is 10.4 Å². The third kappa shape index (κ3) is 4.76. The average Bonchev–Trinajstić information content (AvgIpc) is 2.81. The normalized spacial score (nSPS) is 11.5. The second-order valence-corrected chi connectivity index (χ2v) is 8.35. The SMILES string of the molecule is NS(=O)(=O)Oc1ccc2cc(-c3ccc(NC(=O)c4c(F)c(F)c(F)c(F)c4F)cc3)c(=O)oc2c1. The Balaban J connectivity index is 1.61. The molecule has 0 aliphatic carbocycles. The summed E-state index contributed by atoms with van der Waals surface area (Å²) >= 11 is 0. The molecule has 0 fully saturated rings. The van der Waals surface area contributed by atoms with Crippen LogP contribution in [0.15, 0.2) is 57.7 Å². The van der Waals surface area contributed by atoms with E-state index in [0.717, 1.165) is 6.07 Å². The van der Waals surface area contributed by atoms with Gasteiger partial charge in [0.05, 0.1) is 5.56 Å². The molecular formula is C22H11F5N2O6S. The van der Waals surface area contributed by atoms with Crippen molar-refractivity contribution in [2.75, 3.05) is 5.32 Å². The predicted molar refractivity (Wildman–Crippen MR) is 116 cm³/mol. The van der Waals surface area contributed by atoms with Crippen LogP contribution in [0.4, 0.5) is 27.6 Å². The summed E-state index contributed by atoms with van der Waals surface area (Å²) in [4.78, 5) is 24.6. The first-order valence-electron chi connectivity index (χ1n) is 9.59. The molecule has 3 aromatic carbocycles. The van der Waals surface area contributed by atoms with Crippen LogP contribution in [-0.2, 0) is 10.3 Å². The number of halogens is 5. The number of nitrogens with one attached hydrogen (secondary N) is 1. The van der Waals surface area contributed by atoms with Crippen LogP contribution in [0.5, 0.6) is 5.75 Å². The minimum atomic E-state index is -4.29. The number of benzene rings is 3. The smallest absolute Gasteiger partial charge is 0.380 e. The van der Waals surface area contributed by atoms with Crippen molar-refractivity contribution in [1.29, 1.82) is 0 Å². The summed E-state index contributed by atoms with van der Waals surface area (Å²) in [5.41, 5.74) is -2.23. The number of fused-ring (bicyclic) bond motifs is 1. The second-order valence-electron chi connectivity index (χ2n) is 7.20. The monoisotopic (exact) mass is 526 g/mol. The zero-order chi connectivity index (χ0) is 26.4. The summed E-state index contributed by atoms with van der Waals surface area (Å²) in [7, 11) is -4.29. The van der Waals surface area contributed by atoms with E-state index >= 15 is 0 Å². The topological polar surface area (TPSA) is 129 Å². The van der Waals surface area contributed by atoms with Crippen LogP contribution >= 0.6 is 0 Å². The fraction of sp³-hybridized carbons (Fsp3) is 0. The molecule has 1 amide bonds. The van der Waals surface area contributed by atoms with E-state index in [1.54, 1.807) is 0 Å². The molecule has 186 valence electrons. The standard InChI is InChI=1S/C22H11F5N2O6S/c23-16-15(17(24)19(26)20(27)18(16)25)21(30)29-11-4-1-9(2-5-11)13-7-10-3-6-12(35-36(28,32)33)8-14(10)34-22(13)31/h1-8H,(H,29,30)(H2,28,32,33). The minimum absolute atomic E-state index is 0.00315. The van der Waals surface area contributed by atoms with Gasteiger partial charge in [0.1, 0.15) is 16.9 Å². The first-order chi connectivity index (χ1) is 16.9. The maximum Gasteiger partial charge on any atom is 0.380 e. The van der Waals surface area contributed by atoms with E-state index in [1.807, 2.05) is 5.32 Å². The Morgan fingerprint density at radius 1 is 0.861 bits per heavy atom. The molecule has 0 atom stereocenters. The third-order valence-electron chi connectivity index (χ3n) is 4.81. The van der Waals surface area contributed by atoms with Gasteiger partial charge in [0.25, 0.3) is 5.91 Å². The van der Waals surface area contributed by atoms with Gasteiger partial charge in [-0.15, -0.1) is 0 Å². The van der Waals surface area contributed by atoms with Crippen molar-refractivity contribution in [3.05, 3.63) is 93.6 Å². The molecule has 4 aromatic rings. The molecule has 36 heavy (non-hydrogen) atoms. The summed E-state index contributed by atoms with van der Waals surface area (Å²) in [5.74, 6) is -13.3. The number of hydrogen-bond acceptors (Lipinski definition) is 6. The minimum Gasteiger partial charge on any atom is -0.422 e. The summed E-state index contributed by atoms with van der Waals surface area (Å²) in [6.07, 6.45) is 0. The molecule has 0 aliphatic heterocycles. The second kappa shape index (κ2) is 9.05. The van der Waals surface area contributed by atoms with E-state index in [4.69, 9.17) is 9.56 Å². The van der Waals surface area contributed by atoms with Gasteiger partial charge in [-0.25, -0.2) is 26.7 Å². The molecule has 0 bridgehead atoms. The number of nitrogens with two attached hydrogens (primary N) is 1. The van der Waals surface area contributed by atoms with Crippen LogP contribution in [0.25, 0.3) is 22.1 Å². The van der Waals surface area contributed by atoms with Crippen molar-refractivity contribution in [3.63, 3.8) is 0 Å². The number of carbonyl (C=O) groups excluding carboxylic acids is 1. The van der Waals surface area contributed by atoms with Gasteiger partial charge in [-0.1, -0.05) is 12.1 Å². The first kappa shape index (κ1) is 24.8. The van der Waals surface area contributed by atoms with Crippen LogP contribution < -0.4 is 20.3 Å². The zero-order valence-corrected chi connectivity index (χ0v) is 18.3. The van der Waals surface area contributed by atoms with Gasteiger partial charge >= 0.3 is 15.9 Å². The average molecular weight is 526 g/mol. The predicted octanol–water partition coefficient (Wildman–Crippen LogP) is 3.99. The van der Waals surface area contributed by atoms with Gasteiger partial charge in [-0.2, -0.15) is 13.6 Å². The van der Waals surface area contributed by atoms with Crippen molar-refractivity contribution in [2.45, 2.75) is 0 Å². The summed E-state index contributed by atoms with van der Waals surface area (Å²) in [5, 5.41) is 7.19. The van der Waals surface area contributed by atoms with Gasteiger partial charge in [0.15, 0.2) is 23.3 Å². The fourth-order valence-corrected chi connectivity index (χ4v) is 3.58. The van der Waals surface area contributed by atoms with Gasteiger partial charge in [0, 0.05) is 17.1 Å². The Labute approximate surface area is 198 Å². The number of hydrogen-bond donors (Lipinski definition) is 2. The lowest BCUT2D eigenvalue weighted by molar-refractivity contribution is 0.101. The number of rotatable bonds is 5. The van der Waals surface area contributed by atoms with Gasteiger partial charge in [0.2, 0.25) is 5.82 Å². The van der Waals surface area contributed by atoms with E-state index in [1.165, 1.54) is 42.5 Å². The third-order valence-corrected chi connectivity index (χ3v) is 5.24. The lowest BCUT2D eigenvalue weighted by Gasteiger charge is -2.10. The van der Waals surface area contributed by atoms with Crippen molar-refractivity contribution in [1.82, 2.24) is 0 Å². The van der Waals surface area contributed by atoms with Gasteiger partial charge < -0.3 is 13.9 Å². The van der Waals surface area contributed by atoms with Crippen LogP contribution in [0.3, 0.4) is 0 Å². The molecule has 1 aromatic heterocycles. The van der Waals surface area contributed by atoms with E-state index in [9.17, 15) is 40.0 Å². The molecule has 0 saturated carbocycles. The van der Waals surface area contributed by atoms with Crippen molar-refractivity contribution >= 4 is 32.9 Å². The molecule has 0 spiro atoms. The van der Waals surface area contributed by atoms with E-state index in [0.29, 0.717) is 5.39 Å². The Bertz CT molecular complexity index is 1680. The fourth-order valence-electron chi connectivity index (χ4n) is 3.21. The maximum atomic E-state index is 13.8. The van der Waals surface area contributed by atoms with Crippen molar-refractivity contribution < 1.29 is 43.8 Å². The van der Waals surface area contributed by atoms with Crippen LogP contribution in [0, 0.1) is 29.1 Å². The van der Waals surface area contributed by atoms with Crippen LogP contribution in [0.2, 0.25) is 0 Å². The van der Waals surface area contributed by atoms with Crippen molar-refractivity contribution in [3.8, 4) is 16.9 Å². The Morgan fingerprint density at radius 3 is 2.03 bits per heavy atom. The molecule has 0 radical (unpaired) electrons. The summed E-state index contributed by atoms with van der Waals surface area (Å²) in [6.45, 7) is 0. The molecule has 1 heterocycles. The first-order valence-corrected chi connectivity index (χ1v) is 11.1. The maximum absolute atomic E-state index is 13.8. The Morgan fingerprint density at radius 2 is 1.44 bits per heavy atom.